The molecule has 27 heavy (non-hydrogen) atoms. The Kier molecular flexibility index (Phi) is 4.10. The molecule has 3 aliphatic heterocycles. The molecule has 1 spiro atoms. The number of carbonyl (C=O) groups is 3. The Balaban J connectivity index is 1.86. The van der Waals surface area contributed by atoms with Crippen molar-refractivity contribution in [2.75, 3.05) is 11.9 Å². The molecular formula is C20H24FN3O3. The predicted molar refractivity (Wildman–Crippen MR) is 97.1 cm³/mol. The fourth-order valence-corrected chi connectivity index (χ4v) is 4.88. The molecule has 7 heteroatoms. The summed E-state index contributed by atoms with van der Waals surface area (Å²) >= 11 is 0. The van der Waals surface area contributed by atoms with Crippen LogP contribution in [0.2, 0.25) is 0 Å². The maximum Gasteiger partial charge on any atom is 0.250 e. The number of nitrogens with one attached hydrogen (secondary N) is 2. The van der Waals surface area contributed by atoms with Crippen LogP contribution in [0.15, 0.2) is 18.2 Å². The van der Waals surface area contributed by atoms with Crippen LogP contribution in [0, 0.1) is 23.6 Å². The van der Waals surface area contributed by atoms with Gasteiger partial charge >= 0.3 is 0 Å². The summed E-state index contributed by atoms with van der Waals surface area (Å²) in [5.41, 5.74) is -0.487. The molecule has 4 rings (SSSR count). The quantitative estimate of drug-likeness (QED) is 0.792. The molecular weight excluding hydrogens is 349 g/mol. The van der Waals surface area contributed by atoms with E-state index in [-0.39, 0.29) is 29.7 Å². The Morgan fingerprint density at radius 2 is 1.96 bits per heavy atom. The van der Waals surface area contributed by atoms with Gasteiger partial charge in [0.25, 0.3) is 0 Å². The molecule has 0 bridgehead atoms. The average molecular weight is 373 g/mol. The van der Waals surface area contributed by atoms with Crippen molar-refractivity contribution in [3.8, 4) is 0 Å². The molecule has 6 nitrogen and oxygen atoms in total. The number of imide groups is 1. The minimum absolute atomic E-state index is 0.0326. The van der Waals surface area contributed by atoms with Gasteiger partial charge in [0.05, 0.1) is 11.8 Å². The molecule has 144 valence electrons. The van der Waals surface area contributed by atoms with E-state index in [1.165, 1.54) is 23.1 Å². The highest BCUT2D eigenvalue weighted by Gasteiger charge is 2.70. The van der Waals surface area contributed by atoms with Gasteiger partial charge < -0.3 is 5.32 Å². The molecule has 1 aromatic carbocycles. The summed E-state index contributed by atoms with van der Waals surface area (Å²) in [5.74, 6) is -2.85. The third kappa shape index (κ3) is 2.30. The molecule has 2 unspecified atom stereocenters. The van der Waals surface area contributed by atoms with Crippen molar-refractivity contribution in [1.82, 2.24) is 10.2 Å². The minimum Gasteiger partial charge on any atom is -0.324 e. The molecule has 2 saturated heterocycles. The second-order valence-corrected chi connectivity index (χ2v) is 8.05. The first kappa shape index (κ1) is 18.1. The van der Waals surface area contributed by atoms with Gasteiger partial charge in [0.2, 0.25) is 17.7 Å². The van der Waals surface area contributed by atoms with Crippen LogP contribution in [0.3, 0.4) is 0 Å². The second kappa shape index (κ2) is 6.12. The van der Waals surface area contributed by atoms with Gasteiger partial charge in [-0.25, -0.2) is 4.39 Å². The largest absolute Gasteiger partial charge is 0.324 e. The van der Waals surface area contributed by atoms with Crippen molar-refractivity contribution < 1.29 is 18.8 Å². The first-order valence-corrected chi connectivity index (χ1v) is 9.57. The lowest BCUT2D eigenvalue weighted by Gasteiger charge is -2.30. The number of hydrogen-bond acceptors (Lipinski definition) is 4. The first-order valence-electron chi connectivity index (χ1n) is 9.57. The zero-order valence-corrected chi connectivity index (χ0v) is 15.7. The van der Waals surface area contributed by atoms with Gasteiger partial charge in [-0.15, -0.1) is 0 Å². The summed E-state index contributed by atoms with van der Waals surface area (Å²) in [4.78, 5) is 40.7. The van der Waals surface area contributed by atoms with Gasteiger partial charge in [0.1, 0.15) is 11.4 Å². The van der Waals surface area contributed by atoms with Crippen LogP contribution in [-0.2, 0) is 19.9 Å². The molecule has 0 saturated carbocycles. The van der Waals surface area contributed by atoms with E-state index in [4.69, 9.17) is 0 Å². The van der Waals surface area contributed by atoms with Gasteiger partial charge in [-0.3, -0.25) is 24.6 Å². The zero-order chi connectivity index (χ0) is 19.5. The molecule has 0 radical (unpaired) electrons. The fraction of sp³-hybridized carbons (Fsp3) is 0.550. The third-order valence-electron chi connectivity index (χ3n) is 6.16. The molecule has 4 atom stereocenters. The van der Waals surface area contributed by atoms with Crippen molar-refractivity contribution in [3.63, 3.8) is 0 Å². The summed E-state index contributed by atoms with van der Waals surface area (Å²) in [5, 5.41) is 6.06. The standard InChI is InChI=1S/C20H24FN3O3/c1-4-5-8-24-17(25)14-15(18(24)26)20(23-16(14)10(2)3)12-9-11(21)6-7-13(12)22-19(20)27/h6-7,9-10,14-16,23H,4-5,8H2,1-3H3,(H,22,27)/t14-,15-,16?,20?/m0/s1. The number of amides is 3. The number of nitrogens with zero attached hydrogens (tertiary/aromatic N) is 1. The van der Waals surface area contributed by atoms with E-state index in [0.717, 1.165) is 12.8 Å². The minimum atomic E-state index is -1.40. The van der Waals surface area contributed by atoms with Gasteiger partial charge in [-0.2, -0.15) is 0 Å². The predicted octanol–water partition coefficient (Wildman–Crippen LogP) is 2.00. The summed E-state index contributed by atoms with van der Waals surface area (Å²) in [7, 11) is 0. The third-order valence-corrected chi connectivity index (χ3v) is 6.16. The summed E-state index contributed by atoms with van der Waals surface area (Å²) in [6.45, 7) is 6.27. The lowest BCUT2D eigenvalue weighted by molar-refractivity contribution is -0.143. The van der Waals surface area contributed by atoms with E-state index >= 15 is 0 Å². The maximum absolute atomic E-state index is 14.0. The van der Waals surface area contributed by atoms with Crippen LogP contribution in [0.25, 0.3) is 0 Å². The van der Waals surface area contributed by atoms with Crippen LogP contribution in [0.1, 0.15) is 39.2 Å². The van der Waals surface area contributed by atoms with Gasteiger partial charge in [-0.05, 0) is 30.5 Å². The number of hydrogen-bond donors (Lipinski definition) is 2. The molecule has 3 amide bonds. The Morgan fingerprint density at radius 1 is 1.22 bits per heavy atom. The van der Waals surface area contributed by atoms with Crippen molar-refractivity contribution in [3.05, 3.63) is 29.6 Å². The first-order chi connectivity index (χ1) is 12.8. The van der Waals surface area contributed by atoms with E-state index in [2.05, 4.69) is 10.6 Å². The highest BCUT2D eigenvalue weighted by Crippen LogP contribution is 2.53. The lowest BCUT2D eigenvalue weighted by Crippen LogP contribution is -2.54. The number of rotatable bonds is 4. The Hall–Kier alpha value is -2.28. The smallest absolute Gasteiger partial charge is 0.250 e. The molecule has 3 aliphatic rings. The normalized spacial score (nSPS) is 31.8. The summed E-state index contributed by atoms with van der Waals surface area (Å²) in [6, 6.07) is 3.75. The molecule has 0 aliphatic carbocycles. The Morgan fingerprint density at radius 3 is 2.63 bits per heavy atom. The zero-order valence-electron chi connectivity index (χ0n) is 15.7. The van der Waals surface area contributed by atoms with Crippen molar-refractivity contribution in [1.29, 1.82) is 0 Å². The van der Waals surface area contributed by atoms with E-state index in [1.807, 2.05) is 20.8 Å². The summed E-state index contributed by atoms with van der Waals surface area (Å²) < 4.78 is 14.0. The Labute approximate surface area is 157 Å². The van der Waals surface area contributed by atoms with Crippen molar-refractivity contribution in [2.24, 2.45) is 17.8 Å². The van der Waals surface area contributed by atoms with Crippen LogP contribution in [0.4, 0.5) is 10.1 Å². The van der Waals surface area contributed by atoms with Crippen LogP contribution >= 0.6 is 0 Å². The van der Waals surface area contributed by atoms with Gasteiger partial charge in [0.15, 0.2) is 0 Å². The maximum atomic E-state index is 14.0. The highest BCUT2D eigenvalue weighted by atomic mass is 19.1. The topological polar surface area (TPSA) is 78.5 Å². The number of benzene rings is 1. The van der Waals surface area contributed by atoms with Gasteiger partial charge in [0, 0.05) is 23.8 Å². The Bertz CT molecular complexity index is 840. The second-order valence-electron chi connectivity index (χ2n) is 8.05. The van der Waals surface area contributed by atoms with E-state index in [1.54, 1.807) is 0 Å². The molecule has 2 N–H and O–H groups in total. The number of halogens is 1. The molecule has 0 aromatic heterocycles. The van der Waals surface area contributed by atoms with Crippen molar-refractivity contribution in [2.45, 2.75) is 45.2 Å². The molecule has 3 heterocycles. The number of anilines is 1. The van der Waals surface area contributed by atoms with E-state index in [9.17, 15) is 18.8 Å². The van der Waals surface area contributed by atoms with E-state index in [0.29, 0.717) is 17.8 Å². The van der Waals surface area contributed by atoms with Crippen molar-refractivity contribution >= 4 is 23.4 Å². The number of likely N-dealkylation sites (tertiary alicyclic amines) is 1. The summed E-state index contributed by atoms with van der Waals surface area (Å²) in [6.07, 6.45) is 1.58. The van der Waals surface area contributed by atoms with Crippen LogP contribution < -0.4 is 10.6 Å². The van der Waals surface area contributed by atoms with Gasteiger partial charge in [-0.1, -0.05) is 27.2 Å². The number of unbranched alkanes of at least 4 members (excludes halogenated alkanes) is 1. The fourth-order valence-electron chi connectivity index (χ4n) is 4.88. The highest BCUT2D eigenvalue weighted by molar-refractivity contribution is 6.15. The molecule has 1 aromatic rings. The van der Waals surface area contributed by atoms with Crippen LogP contribution in [-0.4, -0.2) is 35.2 Å². The lowest BCUT2D eigenvalue weighted by atomic mass is 9.76. The van der Waals surface area contributed by atoms with E-state index < -0.39 is 23.2 Å². The molecule has 2 fully saturated rings. The number of carbonyl (C=O) groups excluding carboxylic acids is 3. The number of fused-ring (bicyclic) bond motifs is 4. The average Bonchev–Trinajstić information content (AvgIpc) is 3.20. The monoisotopic (exact) mass is 373 g/mol. The van der Waals surface area contributed by atoms with Crippen LogP contribution in [0.5, 0.6) is 0 Å². The SMILES string of the molecule is CCCCN1C(=O)[C@@H]2C(C(C)C)NC3(C(=O)Nc4ccc(F)cc43)[C@@H]2C1=O.